The molecule has 0 aromatic rings. The molecule has 1 unspecified atom stereocenters. The minimum atomic E-state index is -3.49. The maximum absolute atomic E-state index is 11.9. The third-order valence-electron chi connectivity index (χ3n) is 3.08. The molecule has 0 bridgehead atoms. The number of hydrogen-bond acceptors (Lipinski definition) is 4. The van der Waals surface area contributed by atoms with E-state index in [9.17, 15) is 13.2 Å². The summed E-state index contributed by atoms with van der Waals surface area (Å²) in [4.78, 5) is 10.4. The summed E-state index contributed by atoms with van der Waals surface area (Å²) >= 11 is 0. The third-order valence-corrected chi connectivity index (χ3v) is 4.90. The van der Waals surface area contributed by atoms with E-state index < -0.39 is 21.6 Å². The fraction of sp³-hybridized carbons (Fsp3) is 0.900. The lowest BCUT2D eigenvalue weighted by molar-refractivity contribution is -0.136. The molecule has 7 heteroatoms. The fourth-order valence-electron chi connectivity index (χ4n) is 1.91. The highest BCUT2D eigenvalue weighted by atomic mass is 32.2. The molecule has 1 fully saturated rings. The van der Waals surface area contributed by atoms with Crippen LogP contribution in [0.3, 0.4) is 0 Å². The van der Waals surface area contributed by atoms with E-state index in [1.54, 1.807) is 7.11 Å². The number of hydrogen-bond donors (Lipinski definition) is 1. The highest BCUT2D eigenvalue weighted by molar-refractivity contribution is 7.89. The minimum absolute atomic E-state index is 0.297. The van der Waals surface area contributed by atoms with E-state index >= 15 is 0 Å². The Kier molecular flexibility index (Phi) is 4.51. The van der Waals surface area contributed by atoms with E-state index in [4.69, 9.17) is 9.84 Å². The predicted molar refractivity (Wildman–Crippen MR) is 62.3 cm³/mol. The van der Waals surface area contributed by atoms with Crippen molar-refractivity contribution in [3.05, 3.63) is 0 Å². The van der Waals surface area contributed by atoms with Gasteiger partial charge in [-0.15, -0.1) is 0 Å². The topological polar surface area (TPSA) is 83.9 Å². The molecule has 1 aliphatic heterocycles. The molecule has 17 heavy (non-hydrogen) atoms. The van der Waals surface area contributed by atoms with Crippen molar-refractivity contribution >= 4 is 16.0 Å². The second-order valence-corrected chi connectivity index (χ2v) is 6.64. The van der Waals surface area contributed by atoms with Crippen LogP contribution in [0.15, 0.2) is 0 Å². The highest BCUT2D eigenvalue weighted by Crippen LogP contribution is 2.25. The molecule has 1 rings (SSSR count). The molecule has 0 aromatic heterocycles. The van der Waals surface area contributed by atoms with Crippen molar-refractivity contribution < 1.29 is 23.1 Å². The first kappa shape index (κ1) is 14.4. The zero-order valence-corrected chi connectivity index (χ0v) is 11.0. The maximum atomic E-state index is 11.9. The van der Waals surface area contributed by atoms with Gasteiger partial charge in [-0.25, -0.2) is 8.42 Å². The van der Waals surface area contributed by atoms with Gasteiger partial charge in [0.1, 0.15) is 0 Å². The zero-order chi connectivity index (χ0) is 13.1. The zero-order valence-electron chi connectivity index (χ0n) is 10.2. The standard InChI is InChI=1S/C10H19NO5S/c1-10(16-2)5-3-6-11(8-10)17(14,15)7-4-9(12)13/h3-8H2,1-2H3,(H,12,13). The van der Waals surface area contributed by atoms with Gasteiger partial charge in [-0.2, -0.15) is 4.31 Å². The monoisotopic (exact) mass is 265 g/mol. The molecule has 1 heterocycles. The first-order valence-corrected chi connectivity index (χ1v) is 7.15. The molecule has 0 aromatic carbocycles. The molecule has 100 valence electrons. The first-order chi connectivity index (χ1) is 7.79. The normalized spacial score (nSPS) is 26.9. The largest absolute Gasteiger partial charge is 0.481 e. The molecular formula is C10H19NO5S. The Morgan fingerprint density at radius 2 is 2.18 bits per heavy atom. The molecular weight excluding hydrogens is 246 g/mol. The number of carboxylic acids is 1. The second kappa shape index (κ2) is 5.32. The fourth-order valence-corrected chi connectivity index (χ4v) is 3.48. The van der Waals surface area contributed by atoms with Gasteiger partial charge in [0.25, 0.3) is 0 Å². The van der Waals surface area contributed by atoms with Crippen molar-refractivity contribution in [3.63, 3.8) is 0 Å². The Morgan fingerprint density at radius 1 is 1.53 bits per heavy atom. The summed E-state index contributed by atoms with van der Waals surface area (Å²) < 4.78 is 30.4. The molecule has 1 aliphatic rings. The van der Waals surface area contributed by atoms with Crippen LogP contribution in [0.2, 0.25) is 0 Å². The van der Waals surface area contributed by atoms with Crippen LogP contribution in [0.4, 0.5) is 0 Å². The smallest absolute Gasteiger partial charge is 0.304 e. The first-order valence-electron chi connectivity index (χ1n) is 5.54. The predicted octanol–water partition coefficient (Wildman–Crippen LogP) is 0.292. The van der Waals surface area contributed by atoms with Gasteiger partial charge in [0, 0.05) is 20.2 Å². The lowest BCUT2D eigenvalue weighted by atomic mass is 9.96. The Bertz CT molecular complexity index is 380. The van der Waals surface area contributed by atoms with Crippen molar-refractivity contribution in [2.24, 2.45) is 0 Å². The number of piperidine rings is 1. The van der Waals surface area contributed by atoms with Crippen LogP contribution < -0.4 is 0 Å². The van der Waals surface area contributed by atoms with Crippen molar-refractivity contribution in [1.82, 2.24) is 4.31 Å². The van der Waals surface area contributed by atoms with E-state index in [1.165, 1.54) is 4.31 Å². The van der Waals surface area contributed by atoms with Gasteiger partial charge in [0.2, 0.25) is 10.0 Å². The van der Waals surface area contributed by atoms with Crippen LogP contribution in [0.5, 0.6) is 0 Å². The van der Waals surface area contributed by atoms with Crippen molar-refractivity contribution in [1.29, 1.82) is 0 Å². The van der Waals surface area contributed by atoms with Crippen LogP contribution in [-0.4, -0.2) is 55.4 Å². The highest BCUT2D eigenvalue weighted by Gasteiger charge is 2.36. The number of rotatable bonds is 5. The molecule has 0 radical (unpaired) electrons. The Labute approximate surface area is 102 Å². The summed E-state index contributed by atoms with van der Waals surface area (Å²) in [7, 11) is -1.92. The lowest BCUT2D eigenvalue weighted by Gasteiger charge is -2.38. The summed E-state index contributed by atoms with van der Waals surface area (Å²) in [5.41, 5.74) is -0.464. The van der Waals surface area contributed by atoms with E-state index in [0.717, 1.165) is 12.8 Å². The van der Waals surface area contributed by atoms with Gasteiger partial charge in [-0.05, 0) is 19.8 Å². The van der Waals surface area contributed by atoms with E-state index in [0.29, 0.717) is 13.1 Å². The number of sulfonamides is 1. The molecule has 1 N–H and O–H groups in total. The van der Waals surface area contributed by atoms with Gasteiger partial charge in [-0.3, -0.25) is 4.79 Å². The Balaban J connectivity index is 2.68. The summed E-state index contributed by atoms with van der Waals surface area (Å²) in [6, 6.07) is 0. The SMILES string of the molecule is COC1(C)CCCN(S(=O)(=O)CCC(=O)O)C1. The minimum Gasteiger partial charge on any atom is -0.481 e. The molecule has 1 saturated heterocycles. The average Bonchev–Trinajstić information content (AvgIpc) is 2.27. The number of nitrogens with zero attached hydrogens (tertiary/aromatic N) is 1. The van der Waals surface area contributed by atoms with Crippen molar-refractivity contribution in [2.45, 2.75) is 31.8 Å². The van der Waals surface area contributed by atoms with Gasteiger partial charge in [0.05, 0.1) is 17.8 Å². The van der Waals surface area contributed by atoms with Crippen molar-refractivity contribution in [3.8, 4) is 0 Å². The second-order valence-electron chi connectivity index (χ2n) is 4.55. The molecule has 0 spiro atoms. The van der Waals surface area contributed by atoms with Crippen LogP contribution >= 0.6 is 0 Å². The van der Waals surface area contributed by atoms with Crippen LogP contribution in [0.25, 0.3) is 0 Å². The van der Waals surface area contributed by atoms with Gasteiger partial charge in [0.15, 0.2) is 0 Å². The average molecular weight is 265 g/mol. The van der Waals surface area contributed by atoms with Gasteiger partial charge >= 0.3 is 5.97 Å². The number of methoxy groups -OCH3 is 1. The van der Waals surface area contributed by atoms with Gasteiger partial charge in [-0.1, -0.05) is 0 Å². The summed E-state index contributed by atoms with van der Waals surface area (Å²) in [6.45, 7) is 2.61. The van der Waals surface area contributed by atoms with Gasteiger partial charge < -0.3 is 9.84 Å². The number of carbonyl (C=O) groups is 1. The van der Waals surface area contributed by atoms with E-state index in [1.807, 2.05) is 6.92 Å². The summed E-state index contributed by atoms with van der Waals surface area (Å²) in [6.07, 6.45) is 1.19. The van der Waals surface area contributed by atoms with E-state index in [2.05, 4.69) is 0 Å². The van der Waals surface area contributed by atoms with Crippen molar-refractivity contribution in [2.75, 3.05) is 26.0 Å². The number of aliphatic carboxylic acids is 1. The summed E-state index contributed by atoms with van der Waals surface area (Å²) in [5, 5.41) is 8.52. The van der Waals surface area contributed by atoms with Crippen LogP contribution in [0.1, 0.15) is 26.2 Å². The molecule has 6 nitrogen and oxygen atoms in total. The summed E-state index contributed by atoms with van der Waals surface area (Å²) in [5.74, 6) is -1.44. The molecule has 0 aliphatic carbocycles. The van der Waals surface area contributed by atoms with Crippen LogP contribution in [0, 0.1) is 0 Å². The molecule has 0 amide bonds. The maximum Gasteiger partial charge on any atom is 0.304 e. The molecule has 1 atom stereocenters. The quantitative estimate of drug-likeness (QED) is 0.772. The van der Waals surface area contributed by atoms with Crippen LogP contribution in [-0.2, 0) is 19.6 Å². The third kappa shape index (κ3) is 3.93. The Hall–Kier alpha value is -0.660. The number of carboxylic acid groups (broad SMARTS) is 1. The van der Waals surface area contributed by atoms with E-state index in [-0.39, 0.29) is 12.2 Å². The number of ether oxygens (including phenoxy) is 1. The molecule has 0 saturated carbocycles. The lowest BCUT2D eigenvalue weighted by Crippen LogP contribution is -2.50. The Morgan fingerprint density at radius 3 is 2.71 bits per heavy atom.